The van der Waals surface area contributed by atoms with Gasteiger partial charge < -0.3 is 19.5 Å². The highest BCUT2D eigenvalue weighted by molar-refractivity contribution is 5.88. The van der Waals surface area contributed by atoms with Gasteiger partial charge in [0.15, 0.2) is 5.69 Å². The van der Waals surface area contributed by atoms with Gasteiger partial charge in [-0.3, -0.25) is 10.1 Å². The summed E-state index contributed by atoms with van der Waals surface area (Å²) in [5.74, 6) is -0.698. The van der Waals surface area contributed by atoms with Gasteiger partial charge in [-0.2, -0.15) is 0 Å². The molecule has 0 amide bonds. The lowest BCUT2D eigenvalue weighted by Crippen LogP contribution is -2.32. The third-order valence-corrected chi connectivity index (χ3v) is 2.68. The number of nitro groups is 1. The Labute approximate surface area is 121 Å². The van der Waals surface area contributed by atoms with E-state index in [2.05, 4.69) is 9.72 Å². The molecule has 0 aliphatic heterocycles. The van der Waals surface area contributed by atoms with Gasteiger partial charge in [0, 0.05) is 26.3 Å². The summed E-state index contributed by atoms with van der Waals surface area (Å²) in [5.41, 5.74) is -0.300. The first kappa shape index (κ1) is 16.8. The number of hydrogen-bond donors (Lipinski definition) is 1. The lowest BCUT2D eigenvalue weighted by molar-refractivity contribution is -0.384. The maximum atomic E-state index is 11.5. The number of esters is 1. The molecule has 0 radical (unpaired) electrons. The standard InChI is InChI=1S/C12H17N3O6/c1-20-8-6-14(5-7-16)11-10(15(18)19)4-3-9(13-11)12(17)21-2/h3-4,16H,5-8H2,1-2H3. The number of pyridine rings is 1. The fourth-order valence-electron chi connectivity index (χ4n) is 1.68. The van der Waals surface area contributed by atoms with E-state index in [-0.39, 0.29) is 36.9 Å². The molecule has 1 heterocycles. The smallest absolute Gasteiger partial charge is 0.356 e. The Kier molecular flexibility index (Phi) is 6.50. The molecule has 116 valence electrons. The predicted octanol–water partition coefficient (Wildman–Crippen LogP) is 0.222. The number of carbonyl (C=O) groups is 1. The second-order valence-corrected chi connectivity index (χ2v) is 3.99. The van der Waals surface area contributed by atoms with Crippen LogP contribution >= 0.6 is 0 Å². The van der Waals surface area contributed by atoms with E-state index >= 15 is 0 Å². The van der Waals surface area contributed by atoms with Gasteiger partial charge in [0.1, 0.15) is 0 Å². The van der Waals surface area contributed by atoms with Crippen LogP contribution in [0.15, 0.2) is 12.1 Å². The maximum absolute atomic E-state index is 11.5. The van der Waals surface area contributed by atoms with Crippen molar-refractivity contribution in [1.29, 1.82) is 0 Å². The molecule has 0 aliphatic carbocycles. The third kappa shape index (κ3) is 4.36. The van der Waals surface area contributed by atoms with Gasteiger partial charge in [0.2, 0.25) is 5.82 Å². The summed E-state index contributed by atoms with van der Waals surface area (Å²) in [7, 11) is 2.69. The Bertz CT molecular complexity index is 508. The Morgan fingerprint density at radius 1 is 1.43 bits per heavy atom. The van der Waals surface area contributed by atoms with Crippen molar-refractivity contribution in [2.45, 2.75) is 0 Å². The third-order valence-electron chi connectivity index (χ3n) is 2.68. The van der Waals surface area contributed by atoms with Crippen LogP contribution in [0, 0.1) is 10.1 Å². The van der Waals surface area contributed by atoms with Crippen LogP contribution in [-0.2, 0) is 9.47 Å². The summed E-state index contributed by atoms with van der Waals surface area (Å²) in [5, 5.41) is 20.2. The molecular formula is C12H17N3O6. The zero-order valence-electron chi connectivity index (χ0n) is 11.8. The number of aromatic nitrogens is 1. The first-order valence-corrected chi connectivity index (χ1v) is 6.13. The quantitative estimate of drug-likeness (QED) is 0.412. The highest BCUT2D eigenvalue weighted by Crippen LogP contribution is 2.26. The molecule has 1 aromatic heterocycles. The van der Waals surface area contributed by atoms with Gasteiger partial charge >= 0.3 is 11.7 Å². The minimum absolute atomic E-state index is 0.00556. The Morgan fingerprint density at radius 3 is 2.67 bits per heavy atom. The van der Waals surface area contributed by atoms with Crippen LogP contribution in [0.2, 0.25) is 0 Å². The van der Waals surface area contributed by atoms with Crippen LogP contribution in [0.5, 0.6) is 0 Å². The van der Waals surface area contributed by atoms with Crippen LogP contribution in [0.4, 0.5) is 11.5 Å². The first-order chi connectivity index (χ1) is 10.0. The number of hydrogen-bond acceptors (Lipinski definition) is 8. The van der Waals surface area contributed by atoms with Crippen molar-refractivity contribution in [3.63, 3.8) is 0 Å². The summed E-state index contributed by atoms with van der Waals surface area (Å²) >= 11 is 0. The number of carbonyl (C=O) groups excluding carboxylic acids is 1. The van der Waals surface area contributed by atoms with Gasteiger partial charge in [0.25, 0.3) is 0 Å². The van der Waals surface area contributed by atoms with Crippen molar-refractivity contribution < 1.29 is 24.3 Å². The van der Waals surface area contributed by atoms with Gasteiger partial charge in [-0.25, -0.2) is 9.78 Å². The van der Waals surface area contributed by atoms with Crippen molar-refractivity contribution in [3.05, 3.63) is 27.9 Å². The molecule has 9 nitrogen and oxygen atoms in total. The molecule has 0 aromatic carbocycles. The molecule has 0 aliphatic rings. The summed E-state index contributed by atoms with van der Waals surface area (Å²) in [6.07, 6.45) is 0. The molecule has 0 spiro atoms. The van der Waals surface area contributed by atoms with Crippen molar-refractivity contribution >= 4 is 17.5 Å². The van der Waals surface area contributed by atoms with Crippen LogP contribution in [0.1, 0.15) is 10.5 Å². The fourth-order valence-corrected chi connectivity index (χ4v) is 1.68. The lowest BCUT2D eigenvalue weighted by atomic mass is 10.3. The normalized spacial score (nSPS) is 10.2. The van der Waals surface area contributed by atoms with E-state index in [9.17, 15) is 14.9 Å². The number of anilines is 1. The minimum Gasteiger partial charge on any atom is -0.464 e. The summed E-state index contributed by atoms with van der Waals surface area (Å²) in [6, 6.07) is 2.41. The maximum Gasteiger partial charge on any atom is 0.356 e. The molecular weight excluding hydrogens is 282 g/mol. The number of nitrogens with zero attached hydrogens (tertiary/aromatic N) is 3. The van der Waals surface area contributed by atoms with Crippen LogP contribution in [0.25, 0.3) is 0 Å². The molecule has 0 atom stereocenters. The summed E-state index contributed by atoms with van der Waals surface area (Å²) in [6.45, 7) is 0.490. The van der Waals surface area contributed by atoms with Gasteiger partial charge in [-0.05, 0) is 6.07 Å². The zero-order chi connectivity index (χ0) is 15.8. The van der Waals surface area contributed by atoms with Gasteiger partial charge in [-0.15, -0.1) is 0 Å². The highest BCUT2D eigenvalue weighted by Gasteiger charge is 2.23. The molecule has 9 heteroatoms. The van der Waals surface area contributed by atoms with Crippen molar-refractivity contribution in [1.82, 2.24) is 4.98 Å². The second kappa shape index (κ2) is 8.12. The van der Waals surface area contributed by atoms with Crippen LogP contribution in [0.3, 0.4) is 0 Å². The van der Waals surface area contributed by atoms with Crippen molar-refractivity contribution in [2.24, 2.45) is 0 Å². The molecule has 1 N–H and O–H groups in total. The lowest BCUT2D eigenvalue weighted by Gasteiger charge is -2.22. The first-order valence-electron chi connectivity index (χ1n) is 6.13. The Hall–Kier alpha value is -2.26. The minimum atomic E-state index is -0.693. The van der Waals surface area contributed by atoms with Crippen LogP contribution in [-0.4, -0.2) is 61.5 Å². The predicted molar refractivity (Wildman–Crippen MR) is 73.4 cm³/mol. The molecule has 0 fully saturated rings. The molecule has 0 saturated carbocycles. The largest absolute Gasteiger partial charge is 0.464 e. The monoisotopic (exact) mass is 299 g/mol. The molecule has 0 bridgehead atoms. The zero-order valence-corrected chi connectivity index (χ0v) is 11.8. The summed E-state index contributed by atoms with van der Waals surface area (Å²) in [4.78, 5) is 27.4. The van der Waals surface area contributed by atoms with E-state index in [0.717, 1.165) is 0 Å². The topological polar surface area (TPSA) is 115 Å². The SMILES string of the molecule is COCCN(CCO)c1nc(C(=O)OC)ccc1[N+](=O)[O-]. The molecule has 0 unspecified atom stereocenters. The number of aliphatic hydroxyl groups is 1. The molecule has 0 saturated heterocycles. The average molecular weight is 299 g/mol. The number of methoxy groups -OCH3 is 2. The van der Waals surface area contributed by atoms with E-state index in [1.54, 1.807) is 0 Å². The molecule has 1 aromatic rings. The fraction of sp³-hybridized carbons (Fsp3) is 0.500. The Morgan fingerprint density at radius 2 is 2.14 bits per heavy atom. The molecule has 1 rings (SSSR count). The van der Waals surface area contributed by atoms with Crippen LogP contribution < -0.4 is 4.90 Å². The van der Waals surface area contributed by atoms with E-state index < -0.39 is 10.9 Å². The Balaban J connectivity index is 3.24. The van der Waals surface area contributed by atoms with E-state index in [1.165, 1.54) is 31.3 Å². The van der Waals surface area contributed by atoms with Gasteiger partial charge in [0.05, 0.1) is 25.2 Å². The highest BCUT2D eigenvalue weighted by atomic mass is 16.6. The summed E-state index contributed by atoms with van der Waals surface area (Å²) < 4.78 is 9.48. The van der Waals surface area contributed by atoms with E-state index in [0.29, 0.717) is 6.61 Å². The van der Waals surface area contributed by atoms with Crippen molar-refractivity contribution in [3.8, 4) is 0 Å². The second-order valence-electron chi connectivity index (χ2n) is 3.99. The average Bonchev–Trinajstić information content (AvgIpc) is 2.49. The number of rotatable bonds is 8. The molecule has 21 heavy (non-hydrogen) atoms. The number of ether oxygens (including phenoxy) is 2. The van der Waals surface area contributed by atoms with E-state index in [4.69, 9.17) is 9.84 Å². The van der Waals surface area contributed by atoms with E-state index in [1.807, 2.05) is 0 Å². The van der Waals surface area contributed by atoms with Gasteiger partial charge in [-0.1, -0.05) is 0 Å². The van der Waals surface area contributed by atoms with Crippen molar-refractivity contribution in [2.75, 3.05) is 45.4 Å². The number of aliphatic hydroxyl groups excluding tert-OH is 1.